The highest BCUT2D eigenvalue weighted by Gasteiger charge is 2.18. The number of rotatable bonds is 1. The van der Waals surface area contributed by atoms with E-state index in [9.17, 15) is 4.79 Å². The highest BCUT2D eigenvalue weighted by Crippen LogP contribution is 2.27. The summed E-state index contributed by atoms with van der Waals surface area (Å²) in [5.41, 5.74) is 3.39. The van der Waals surface area contributed by atoms with Gasteiger partial charge in [0, 0.05) is 25.0 Å². The van der Waals surface area contributed by atoms with E-state index in [1.165, 1.54) is 11.9 Å². The van der Waals surface area contributed by atoms with Crippen molar-refractivity contribution >= 4 is 0 Å². The topological polar surface area (TPSA) is 76.5 Å². The Kier molecular flexibility index (Phi) is 2.29. The van der Waals surface area contributed by atoms with Gasteiger partial charge in [-0.15, -0.1) is 0 Å². The molecule has 0 radical (unpaired) electrons. The van der Waals surface area contributed by atoms with Crippen LogP contribution < -0.4 is 5.43 Å². The predicted molar refractivity (Wildman–Crippen MR) is 73.0 cm³/mol. The molecular weight excluding hydrogens is 254 g/mol. The quantitative estimate of drug-likeness (QED) is 0.718. The standard InChI is InChI=1S/C14H11N5O/c20-12-6-11-13-9(2-1-4-15-13)3-5-19(11)7-10(12)14-16-8-17-18-14/h1-2,4,6-8H,3,5H2,(H,16,17,18). The fraction of sp³-hybridized carbons (Fsp3) is 0.143. The van der Waals surface area contributed by atoms with Crippen LogP contribution >= 0.6 is 0 Å². The zero-order chi connectivity index (χ0) is 13.5. The Balaban J connectivity index is 1.95. The van der Waals surface area contributed by atoms with Gasteiger partial charge in [0.1, 0.15) is 6.33 Å². The number of aryl methyl sites for hydroxylation is 2. The van der Waals surface area contributed by atoms with Crippen LogP contribution in [0.2, 0.25) is 0 Å². The lowest BCUT2D eigenvalue weighted by molar-refractivity contribution is 0.674. The number of aromatic nitrogens is 5. The van der Waals surface area contributed by atoms with Crippen molar-refractivity contribution in [2.75, 3.05) is 0 Å². The molecule has 1 aliphatic rings. The van der Waals surface area contributed by atoms with E-state index in [0.717, 1.165) is 24.4 Å². The summed E-state index contributed by atoms with van der Waals surface area (Å²) in [4.78, 5) is 20.7. The van der Waals surface area contributed by atoms with Crippen molar-refractivity contribution in [1.82, 2.24) is 24.7 Å². The van der Waals surface area contributed by atoms with E-state index in [1.54, 1.807) is 12.3 Å². The Bertz CT molecular complexity index is 835. The van der Waals surface area contributed by atoms with E-state index in [4.69, 9.17) is 0 Å². The molecule has 0 aliphatic carbocycles. The van der Waals surface area contributed by atoms with Gasteiger partial charge in [-0.25, -0.2) is 4.98 Å². The minimum Gasteiger partial charge on any atom is -0.345 e. The van der Waals surface area contributed by atoms with Crippen LogP contribution in [0.5, 0.6) is 0 Å². The van der Waals surface area contributed by atoms with Gasteiger partial charge in [0.05, 0.1) is 17.0 Å². The molecular formula is C14H11N5O. The Hall–Kier alpha value is -2.76. The van der Waals surface area contributed by atoms with E-state index in [2.05, 4.69) is 30.8 Å². The van der Waals surface area contributed by atoms with Crippen LogP contribution in [-0.4, -0.2) is 24.7 Å². The van der Waals surface area contributed by atoms with Crippen LogP contribution in [-0.2, 0) is 13.0 Å². The molecule has 6 nitrogen and oxygen atoms in total. The number of nitrogens with zero attached hydrogens (tertiary/aromatic N) is 4. The van der Waals surface area contributed by atoms with Crippen molar-refractivity contribution < 1.29 is 0 Å². The van der Waals surface area contributed by atoms with Gasteiger partial charge in [-0.1, -0.05) is 6.07 Å². The molecule has 0 saturated heterocycles. The van der Waals surface area contributed by atoms with Crippen molar-refractivity contribution in [2.24, 2.45) is 0 Å². The van der Waals surface area contributed by atoms with E-state index < -0.39 is 0 Å². The molecule has 98 valence electrons. The Morgan fingerprint density at radius 1 is 1.30 bits per heavy atom. The van der Waals surface area contributed by atoms with Gasteiger partial charge in [-0.2, -0.15) is 5.10 Å². The molecule has 0 bridgehead atoms. The highest BCUT2D eigenvalue weighted by molar-refractivity contribution is 5.64. The molecule has 0 unspecified atom stereocenters. The molecule has 0 fully saturated rings. The van der Waals surface area contributed by atoms with Crippen molar-refractivity contribution in [1.29, 1.82) is 0 Å². The van der Waals surface area contributed by atoms with Crippen LogP contribution in [0, 0.1) is 0 Å². The molecule has 20 heavy (non-hydrogen) atoms. The van der Waals surface area contributed by atoms with E-state index in [-0.39, 0.29) is 5.43 Å². The van der Waals surface area contributed by atoms with Crippen LogP contribution in [0.25, 0.3) is 22.8 Å². The summed E-state index contributed by atoms with van der Waals surface area (Å²) in [6.45, 7) is 0.829. The molecule has 0 spiro atoms. The van der Waals surface area contributed by atoms with E-state index >= 15 is 0 Å². The number of aromatic amines is 1. The molecule has 6 heteroatoms. The number of hydrogen-bond donors (Lipinski definition) is 1. The summed E-state index contributed by atoms with van der Waals surface area (Å²) in [6.07, 6.45) is 5.89. The normalized spacial score (nSPS) is 12.8. The van der Waals surface area contributed by atoms with Gasteiger partial charge in [0.15, 0.2) is 11.3 Å². The Morgan fingerprint density at radius 2 is 2.25 bits per heavy atom. The van der Waals surface area contributed by atoms with Gasteiger partial charge >= 0.3 is 0 Å². The molecule has 0 aromatic carbocycles. The summed E-state index contributed by atoms with van der Waals surface area (Å²) in [6, 6.07) is 5.61. The van der Waals surface area contributed by atoms with Gasteiger partial charge in [-0.3, -0.25) is 14.9 Å². The first-order chi connectivity index (χ1) is 9.83. The largest absolute Gasteiger partial charge is 0.345 e. The van der Waals surface area contributed by atoms with Crippen molar-refractivity contribution in [3.63, 3.8) is 0 Å². The van der Waals surface area contributed by atoms with Crippen molar-refractivity contribution in [3.8, 4) is 22.8 Å². The minimum absolute atomic E-state index is 0.0773. The molecule has 4 heterocycles. The summed E-state index contributed by atoms with van der Waals surface area (Å²) in [7, 11) is 0. The number of hydrogen-bond acceptors (Lipinski definition) is 4. The van der Waals surface area contributed by atoms with Crippen LogP contribution in [0.1, 0.15) is 5.56 Å². The summed E-state index contributed by atoms with van der Waals surface area (Å²) in [5, 5.41) is 6.52. The van der Waals surface area contributed by atoms with Gasteiger partial charge < -0.3 is 4.57 Å². The van der Waals surface area contributed by atoms with Gasteiger partial charge in [-0.05, 0) is 18.1 Å². The van der Waals surface area contributed by atoms with Crippen molar-refractivity contribution in [2.45, 2.75) is 13.0 Å². The molecule has 4 rings (SSSR count). The third-order valence-electron chi connectivity index (χ3n) is 3.55. The zero-order valence-corrected chi connectivity index (χ0v) is 10.6. The second-order valence-electron chi connectivity index (χ2n) is 4.73. The number of H-pyrrole nitrogens is 1. The van der Waals surface area contributed by atoms with E-state index in [1.807, 2.05) is 12.3 Å². The van der Waals surface area contributed by atoms with Crippen LogP contribution in [0.15, 0.2) is 41.7 Å². The summed E-state index contributed by atoms with van der Waals surface area (Å²) < 4.78 is 2.05. The fourth-order valence-electron chi connectivity index (χ4n) is 2.59. The lowest BCUT2D eigenvalue weighted by Gasteiger charge is -2.21. The summed E-state index contributed by atoms with van der Waals surface area (Å²) in [5.74, 6) is 0.497. The third kappa shape index (κ3) is 1.58. The second-order valence-corrected chi connectivity index (χ2v) is 4.73. The molecule has 0 amide bonds. The van der Waals surface area contributed by atoms with Crippen molar-refractivity contribution in [3.05, 3.63) is 52.7 Å². The molecule has 3 aromatic rings. The second kappa shape index (κ2) is 4.12. The fourth-order valence-corrected chi connectivity index (χ4v) is 2.59. The maximum atomic E-state index is 12.3. The van der Waals surface area contributed by atoms with Crippen LogP contribution in [0.4, 0.5) is 0 Å². The minimum atomic E-state index is -0.0773. The van der Waals surface area contributed by atoms with Crippen LogP contribution in [0.3, 0.4) is 0 Å². The van der Waals surface area contributed by atoms with Gasteiger partial charge in [0.25, 0.3) is 0 Å². The Morgan fingerprint density at radius 3 is 3.10 bits per heavy atom. The monoisotopic (exact) mass is 265 g/mol. The molecule has 1 N–H and O–H groups in total. The molecule has 3 aromatic heterocycles. The maximum Gasteiger partial charge on any atom is 0.193 e. The third-order valence-corrected chi connectivity index (χ3v) is 3.55. The highest BCUT2D eigenvalue weighted by atomic mass is 16.1. The average Bonchev–Trinajstić information content (AvgIpc) is 3.00. The zero-order valence-electron chi connectivity index (χ0n) is 10.6. The Labute approximate surface area is 114 Å². The van der Waals surface area contributed by atoms with Gasteiger partial charge in [0.2, 0.25) is 0 Å². The SMILES string of the molecule is O=c1cc2n(cc1-c1ncn[nH]1)CCc1cccnc1-2. The number of pyridine rings is 2. The number of nitrogens with one attached hydrogen (secondary N) is 1. The molecule has 0 saturated carbocycles. The van der Waals surface area contributed by atoms with E-state index in [0.29, 0.717) is 11.4 Å². The predicted octanol–water partition coefficient (Wildman–Crippen LogP) is 1.25. The number of fused-ring (bicyclic) bond motifs is 3. The molecule has 0 atom stereocenters. The smallest absolute Gasteiger partial charge is 0.193 e. The lowest BCUT2D eigenvalue weighted by Crippen LogP contribution is -2.18. The summed E-state index contributed by atoms with van der Waals surface area (Å²) >= 11 is 0. The molecule has 1 aliphatic heterocycles. The first-order valence-electron chi connectivity index (χ1n) is 6.37. The first kappa shape index (κ1) is 11.1. The maximum absolute atomic E-state index is 12.3. The average molecular weight is 265 g/mol. The lowest BCUT2D eigenvalue weighted by atomic mass is 10.0. The first-order valence-corrected chi connectivity index (χ1v) is 6.37.